The summed E-state index contributed by atoms with van der Waals surface area (Å²) in [5, 5.41) is 0. The molecule has 4 aliphatic rings. The van der Waals surface area contributed by atoms with Gasteiger partial charge in [0.05, 0.1) is 0 Å². The number of ketones is 1. The van der Waals surface area contributed by atoms with Crippen LogP contribution >= 0.6 is 0 Å². The summed E-state index contributed by atoms with van der Waals surface area (Å²) in [6.07, 6.45) is 8.33. The Balaban J connectivity index is 1.65. The van der Waals surface area contributed by atoms with Gasteiger partial charge in [-0.1, -0.05) is 31.1 Å². The van der Waals surface area contributed by atoms with Crippen LogP contribution in [0.4, 0.5) is 13.2 Å². The number of rotatable bonds is 2. The average Bonchev–Trinajstić information content (AvgIpc) is 2.92. The summed E-state index contributed by atoms with van der Waals surface area (Å²) in [7, 11) is -5.70. The third-order valence-electron chi connectivity index (χ3n) is 7.74. The van der Waals surface area contributed by atoms with Gasteiger partial charge in [-0.25, -0.2) is 0 Å². The van der Waals surface area contributed by atoms with E-state index in [9.17, 15) is 26.4 Å². The van der Waals surface area contributed by atoms with Crippen molar-refractivity contribution in [3.63, 3.8) is 0 Å². The maximum absolute atomic E-state index is 12.8. The van der Waals surface area contributed by atoms with Crippen molar-refractivity contribution < 1.29 is 30.6 Å². The van der Waals surface area contributed by atoms with Gasteiger partial charge in [0.15, 0.2) is 5.78 Å². The van der Waals surface area contributed by atoms with E-state index in [4.69, 9.17) is 0 Å². The molecule has 4 rings (SSSR count). The molecular weight excluding hydrogens is 405 g/mol. The topological polar surface area (TPSA) is 60.4 Å². The standard InChI is InChI=1S/C21H25F3O4S/c1-12-10-14-15-4-5-18(28-29(26,27)21(22,23)24)20(15,3)9-7-16(14)19(2)8-6-13(25)11-17(12)19/h4-5,11-12,14,16H,6-10H2,1-3H3/t12?,14-,16-,19+,20-/m0/s1. The van der Waals surface area contributed by atoms with Crippen molar-refractivity contribution in [2.45, 2.75) is 58.4 Å². The van der Waals surface area contributed by atoms with Crippen molar-refractivity contribution in [1.29, 1.82) is 0 Å². The van der Waals surface area contributed by atoms with Crippen LogP contribution in [-0.2, 0) is 19.1 Å². The summed E-state index contributed by atoms with van der Waals surface area (Å²) in [5.41, 5.74) is -4.25. The van der Waals surface area contributed by atoms with E-state index >= 15 is 0 Å². The van der Waals surface area contributed by atoms with Gasteiger partial charge in [-0.15, -0.1) is 0 Å². The molecule has 2 saturated carbocycles. The fourth-order valence-corrected chi connectivity index (χ4v) is 6.80. The lowest BCUT2D eigenvalue weighted by Crippen LogP contribution is -2.49. The minimum atomic E-state index is -5.70. The highest BCUT2D eigenvalue weighted by atomic mass is 32.2. The number of hydrogen-bond donors (Lipinski definition) is 0. The summed E-state index contributed by atoms with van der Waals surface area (Å²) < 4.78 is 66.2. The summed E-state index contributed by atoms with van der Waals surface area (Å²) in [5.74, 6) is 0.631. The van der Waals surface area contributed by atoms with Crippen LogP contribution in [0.25, 0.3) is 0 Å². The summed E-state index contributed by atoms with van der Waals surface area (Å²) >= 11 is 0. The van der Waals surface area contributed by atoms with Crippen molar-refractivity contribution in [1.82, 2.24) is 0 Å². The highest BCUT2D eigenvalue weighted by molar-refractivity contribution is 7.87. The molecule has 4 nitrogen and oxygen atoms in total. The van der Waals surface area contributed by atoms with Crippen LogP contribution in [-0.4, -0.2) is 19.7 Å². The zero-order valence-electron chi connectivity index (χ0n) is 16.7. The van der Waals surface area contributed by atoms with Gasteiger partial charge in [-0.05, 0) is 67.9 Å². The van der Waals surface area contributed by atoms with Crippen LogP contribution < -0.4 is 0 Å². The molecule has 160 valence electrons. The molecular formula is C21H25F3O4S. The highest BCUT2D eigenvalue weighted by Gasteiger charge is 2.58. The third kappa shape index (κ3) is 2.93. The molecule has 5 atom stereocenters. The van der Waals surface area contributed by atoms with E-state index in [0.717, 1.165) is 24.8 Å². The maximum atomic E-state index is 12.8. The first kappa shape index (κ1) is 20.7. The lowest BCUT2D eigenvalue weighted by atomic mass is 9.47. The van der Waals surface area contributed by atoms with Crippen molar-refractivity contribution in [3.05, 3.63) is 35.1 Å². The van der Waals surface area contributed by atoms with Gasteiger partial charge in [-0.2, -0.15) is 21.6 Å². The number of fused-ring (bicyclic) bond motifs is 5. The molecule has 29 heavy (non-hydrogen) atoms. The van der Waals surface area contributed by atoms with Crippen LogP contribution in [0, 0.1) is 28.6 Å². The Hall–Kier alpha value is -1.57. The van der Waals surface area contributed by atoms with E-state index in [1.54, 1.807) is 13.0 Å². The molecule has 1 unspecified atom stereocenters. The smallest absolute Gasteiger partial charge is 0.380 e. The average molecular weight is 430 g/mol. The maximum Gasteiger partial charge on any atom is 0.534 e. The molecule has 4 aliphatic carbocycles. The molecule has 0 aromatic carbocycles. The molecule has 0 saturated heterocycles. The SMILES string of the molecule is CC1C[C@H]2C3=CC=C(OS(=O)(=O)C(F)(F)F)[C@@]3(C)CC[C@@H]2[C@@]2(C)CCC(=O)C=C12. The summed E-state index contributed by atoms with van der Waals surface area (Å²) in [6, 6.07) is 0. The minimum Gasteiger partial charge on any atom is -0.380 e. The second-order valence-corrected chi connectivity index (χ2v) is 10.9. The molecule has 0 radical (unpaired) electrons. The van der Waals surface area contributed by atoms with E-state index < -0.39 is 21.0 Å². The lowest BCUT2D eigenvalue weighted by Gasteiger charge is -2.57. The predicted octanol–water partition coefficient (Wildman–Crippen LogP) is 5.04. The molecule has 0 aromatic rings. The van der Waals surface area contributed by atoms with Gasteiger partial charge in [0.25, 0.3) is 0 Å². The quantitative estimate of drug-likeness (QED) is 0.455. The molecule has 8 heteroatoms. The van der Waals surface area contributed by atoms with Gasteiger partial charge in [0.1, 0.15) is 5.76 Å². The predicted molar refractivity (Wildman–Crippen MR) is 101 cm³/mol. The Morgan fingerprint density at radius 3 is 2.48 bits per heavy atom. The minimum absolute atomic E-state index is 0.111. The number of hydrogen-bond acceptors (Lipinski definition) is 4. The molecule has 0 aromatic heterocycles. The van der Waals surface area contributed by atoms with Crippen LogP contribution in [0.1, 0.15) is 52.9 Å². The number of carbonyl (C=O) groups excluding carboxylic acids is 1. The largest absolute Gasteiger partial charge is 0.534 e. The third-order valence-corrected chi connectivity index (χ3v) is 8.71. The van der Waals surface area contributed by atoms with E-state index in [1.165, 1.54) is 11.6 Å². The summed E-state index contributed by atoms with van der Waals surface area (Å²) in [6.45, 7) is 6.08. The molecule has 0 amide bonds. The number of carbonyl (C=O) groups is 1. The number of halogens is 3. The molecule has 0 spiro atoms. The molecule has 0 N–H and O–H groups in total. The Morgan fingerprint density at radius 2 is 1.83 bits per heavy atom. The molecule has 2 fully saturated rings. The number of alkyl halides is 3. The first-order valence-corrected chi connectivity index (χ1v) is 11.4. The van der Waals surface area contributed by atoms with Crippen molar-refractivity contribution in [2.75, 3.05) is 0 Å². The Labute approximate surface area is 169 Å². The van der Waals surface area contributed by atoms with Crippen LogP contribution in [0.2, 0.25) is 0 Å². The van der Waals surface area contributed by atoms with E-state index in [0.29, 0.717) is 12.8 Å². The molecule has 0 heterocycles. The zero-order chi connectivity index (χ0) is 21.4. The molecule has 0 bridgehead atoms. The van der Waals surface area contributed by atoms with Gasteiger partial charge in [0, 0.05) is 11.8 Å². The van der Waals surface area contributed by atoms with E-state index in [2.05, 4.69) is 18.0 Å². The van der Waals surface area contributed by atoms with Crippen LogP contribution in [0.15, 0.2) is 35.1 Å². The first-order chi connectivity index (χ1) is 13.3. The zero-order valence-corrected chi connectivity index (χ0v) is 17.5. The van der Waals surface area contributed by atoms with Crippen molar-refractivity contribution in [3.8, 4) is 0 Å². The van der Waals surface area contributed by atoms with Gasteiger partial charge in [-0.3, -0.25) is 4.79 Å². The highest BCUT2D eigenvalue weighted by Crippen LogP contribution is 2.65. The number of allylic oxidation sites excluding steroid dienone is 5. The lowest BCUT2D eigenvalue weighted by molar-refractivity contribution is -0.116. The van der Waals surface area contributed by atoms with Crippen LogP contribution in [0.3, 0.4) is 0 Å². The Kier molecular flexibility index (Phi) is 4.44. The molecule has 0 aliphatic heterocycles. The Bertz CT molecular complexity index is 959. The summed E-state index contributed by atoms with van der Waals surface area (Å²) in [4.78, 5) is 12.0. The van der Waals surface area contributed by atoms with Crippen molar-refractivity contribution in [2.24, 2.45) is 28.6 Å². The monoisotopic (exact) mass is 430 g/mol. The fourth-order valence-electron chi connectivity index (χ4n) is 6.23. The van der Waals surface area contributed by atoms with Gasteiger partial charge < -0.3 is 4.18 Å². The fraction of sp³-hybridized carbons (Fsp3) is 0.667. The van der Waals surface area contributed by atoms with E-state index in [1.807, 2.05) is 6.08 Å². The normalized spacial score (nSPS) is 39.6. The first-order valence-electron chi connectivity index (χ1n) is 9.98. The van der Waals surface area contributed by atoms with Gasteiger partial charge >= 0.3 is 15.6 Å². The van der Waals surface area contributed by atoms with Gasteiger partial charge in [0.2, 0.25) is 0 Å². The second kappa shape index (κ2) is 6.22. The van der Waals surface area contributed by atoms with Crippen LogP contribution in [0.5, 0.6) is 0 Å². The van der Waals surface area contributed by atoms with Crippen molar-refractivity contribution >= 4 is 15.9 Å². The Morgan fingerprint density at radius 1 is 1.14 bits per heavy atom. The van der Waals surface area contributed by atoms with E-state index in [-0.39, 0.29) is 34.7 Å². The second-order valence-electron chi connectivity index (χ2n) is 9.34.